The minimum Gasteiger partial charge on any atom is -0.487 e. The van der Waals surface area contributed by atoms with Crippen molar-refractivity contribution >= 4 is 60.6 Å². The van der Waals surface area contributed by atoms with Crippen molar-refractivity contribution in [2.24, 2.45) is 5.10 Å². The molecule has 7 nitrogen and oxygen atoms in total. The molecule has 0 amide bonds. The Bertz CT molecular complexity index is 1590. The highest BCUT2D eigenvalue weighted by Crippen LogP contribution is 2.35. The molecule has 1 aromatic heterocycles. The Balaban J connectivity index is 1.53. The van der Waals surface area contributed by atoms with Gasteiger partial charge in [-0.3, -0.25) is 4.79 Å². The van der Waals surface area contributed by atoms with Crippen LogP contribution in [0.2, 0.25) is 5.02 Å². The molecule has 0 fully saturated rings. The molecule has 5 rings (SSSR count). The van der Waals surface area contributed by atoms with Gasteiger partial charge in [0.1, 0.15) is 18.2 Å². The number of aromatic nitrogens is 2. The molecule has 37 heavy (non-hydrogen) atoms. The Morgan fingerprint density at radius 3 is 2.78 bits per heavy atom. The molecule has 1 aliphatic heterocycles. The molecule has 2 heterocycles. The van der Waals surface area contributed by atoms with Crippen LogP contribution in [0.5, 0.6) is 17.2 Å². The topological polar surface area (TPSA) is 74.9 Å². The van der Waals surface area contributed by atoms with Crippen molar-refractivity contribution in [3.05, 3.63) is 89.8 Å². The number of rotatable bonds is 7. The van der Waals surface area contributed by atoms with Crippen LogP contribution in [-0.4, -0.2) is 22.7 Å². The van der Waals surface area contributed by atoms with Crippen molar-refractivity contribution in [3.63, 3.8) is 0 Å². The van der Waals surface area contributed by atoms with Crippen LogP contribution in [0.15, 0.2) is 67.4 Å². The maximum absolute atomic E-state index is 13.5. The van der Waals surface area contributed by atoms with Gasteiger partial charge in [-0.15, -0.1) is 0 Å². The molecule has 0 radical (unpaired) electrons. The molecule has 0 aliphatic carbocycles. The summed E-state index contributed by atoms with van der Waals surface area (Å²) in [5, 5.41) is 5.55. The molecular weight excluding hydrogens is 626 g/mol. The number of fused-ring (bicyclic) bond motifs is 2. The molecule has 3 aromatic carbocycles. The number of ether oxygens (including phenoxy) is 3. The van der Waals surface area contributed by atoms with E-state index in [1.54, 1.807) is 24.4 Å². The van der Waals surface area contributed by atoms with Gasteiger partial charge in [0, 0.05) is 21.0 Å². The van der Waals surface area contributed by atoms with E-state index in [-0.39, 0.29) is 24.9 Å². The first-order valence-corrected chi connectivity index (χ1v) is 13.6. The lowest BCUT2D eigenvalue weighted by Crippen LogP contribution is -2.23. The van der Waals surface area contributed by atoms with Crippen LogP contribution in [0.3, 0.4) is 0 Å². The zero-order valence-corrected chi connectivity index (χ0v) is 23.9. The number of benzene rings is 3. The molecule has 1 aliphatic rings. The molecule has 10 heteroatoms. The van der Waals surface area contributed by atoms with E-state index in [1.807, 2.05) is 44.2 Å². The Kier molecular flexibility index (Phi) is 7.55. The molecule has 0 bridgehead atoms. The van der Waals surface area contributed by atoms with E-state index in [9.17, 15) is 4.79 Å². The molecule has 0 saturated carbocycles. The van der Waals surface area contributed by atoms with Crippen LogP contribution in [-0.2, 0) is 6.61 Å². The highest BCUT2D eigenvalue weighted by Gasteiger charge is 2.17. The van der Waals surface area contributed by atoms with Gasteiger partial charge in [-0.2, -0.15) is 9.78 Å². The number of nitrogens with zero attached hydrogens (tertiary/aromatic N) is 3. The van der Waals surface area contributed by atoms with E-state index in [2.05, 4.69) is 37.0 Å². The quantitative estimate of drug-likeness (QED) is 0.197. The fourth-order valence-corrected chi connectivity index (χ4v) is 5.22. The standard InChI is InChI=1S/C27H22Br2ClN3O4/c1-3-15(2)26-32-22-6-5-18(28)10-20(22)27(34)33(26)31-12-17-9-19(30)11-21(29)25(17)35-13-16-4-7-23-24(8-16)37-14-36-23/h4-12,15H,3,13-14H2,1-2H3/t15-/m1/s1. The number of halogens is 3. The predicted octanol–water partition coefficient (Wildman–Crippen LogP) is 7.28. The van der Waals surface area contributed by atoms with Crippen LogP contribution < -0.4 is 19.8 Å². The first-order valence-electron chi connectivity index (χ1n) is 11.6. The summed E-state index contributed by atoms with van der Waals surface area (Å²) < 4.78 is 19.8. The van der Waals surface area contributed by atoms with E-state index >= 15 is 0 Å². The first-order chi connectivity index (χ1) is 17.8. The van der Waals surface area contributed by atoms with Crippen LogP contribution >= 0.6 is 43.5 Å². The van der Waals surface area contributed by atoms with Crippen molar-refractivity contribution in [2.75, 3.05) is 6.79 Å². The summed E-state index contributed by atoms with van der Waals surface area (Å²) in [6.07, 6.45) is 2.38. The van der Waals surface area contributed by atoms with Gasteiger partial charge in [-0.1, -0.05) is 47.4 Å². The van der Waals surface area contributed by atoms with E-state index in [4.69, 9.17) is 30.8 Å². The number of hydrogen-bond donors (Lipinski definition) is 0. The molecule has 190 valence electrons. The van der Waals surface area contributed by atoms with Gasteiger partial charge >= 0.3 is 0 Å². The second kappa shape index (κ2) is 10.8. The normalized spacial score (nSPS) is 13.4. The molecule has 4 aromatic rings. The average Bonchev–Trinajstić information content (AvgIpc) is 3.35. The monoisotopic (exact) mass is 645 g/mol. The van der Waals surface area contributed by atoms with Gasteiger partial charge in [0.15, 0.2) is 11.5 Å². The summed E-state index contributed by atoms with van der Waals surface area (Å²) in [5.74, 6) is 2.54. The Morgan fingerprint density at radius 1 is 1.16 bits per heavy atom. The van der Waals surface area contributed by atoms with Crippen molar-refractivity contribution < 1.29 is 14.2 Å². The van der Waals surface area contributed by atoms with Gasteiger partial charge in [0.05, 0.1) is 21.6 Å². The van der Waals surface area contributed by atoms with Crippen molar-refractivity contribution in [1.82, 2.24) is 9.66 Å². The summed E-state index contributed by atoms with van der Waals surface area (Å²) in [4.78, 5) is 18.2. The molecule has 0 spiro atoms. The fraction of sp³-hybridized carbons (Fsp3) is 0.222. The Labute approximate surface area is 235 Å². The maximum atomic E-state index is 13.5. The van der Waals surface area contributed by atoms with Crippen LogP contribution in [0.1, 0.15) is 43.1 Å². The zero-order chi connectivity index (χ0) is 26.1. The lowest BCUT2D eigenvalue weighted by atomic mass is 10.1. The number of hydrogen-bond acceptors (Lipinski definition) is 6. The second-order valence-electron chi connectivity index (χ2n) is 8.58. The van der Waals surface area contributed by atoms with Gasteiger partial charge in [-0.05, 0) is 70.4 Å². The minimum absolute atomic E-state index is 0.0192. The van der Waals surface area contributed by atoms with E-state index < -0.39 is 0 Å². The predicted molar refractivity (Wildman–Crippen MR) is 151 cm³/mol. The summed E-state index contributed by atoms with van der Waals surface area (Å²) in [7, 11) is 0. The SMILES string of the molecule is CC[C@@H](C)c1nc2ccc(Br)cc2c(=O)n1N=Cc1cc(Cl)cc(Br)c1OCc1ccc2c(c1)OCO2. The second-order valence-corrected chi connectivity index (χ2v) is 10.8. The van der Waals surface area contributed by atoms with Crippen LogP contribution in [0, 0.1) is 0 Å². The van der Waals surface area contributed by atoms with E-state index in [0.29, 0.717) is 49.0 Å². The van der Waals surface area contributed by atoms with Gasteiger partial charge < -0.3 is 14.2 Å². The third-order valence-electron chi connectivity index (χ3n) is 6.06. The van der Waals surface area contributed by atoms with Crippen LogP contribution in [0.25, 0.3) is 10.9 Å². The van der Waals surface area contributed by atoms with Gasteiger partial charge in [-0.25, -0.2) is 4.98 Å². The molecule has 0 N–H and O–H groups in total. The van der Waals surface area contributed by atoms with E-state index in [0.717, 1.165) is 16.5 Å². The highest BCUT2D eigenvalue weighted by molar-refractivity contribution is 9.10. The largest absolute Gasteiger partial charge is 0.487 e. The maximum Gasteiger partial charge on any atom is 0.282 e. The summed E-state index contributed by atoms with van der Waals surface area (Å²) in [6, 6.07) is 14.6. The third kappa shape index (κ3) is 5.39. The average molecular weight is 648 g/mol. The molecule has 0 saturated heterocycles. The zero-order valence-electron chi connectivity index (χ0n) is 20.0. The minimum atomic E-state index is -0.248. The molecular formula is C27H22Br2ClN3O4. The highest BCUT2D eigenvalue weighted by atomic mass is 79.9. The van der Waals surface area contributed by atoms with Crippen molar-refractivity contribution in [3.8, 4) is 17.2 Å². The van der Waals surface area contributed by atoms with Crippen LogP contribution in [0.4, 0.5) is 0 Å². The smallest absolute Gasteiger partial charge is 0.282 e. The fourth-order valence-electron chi connectivity index (χ4n) is 3.91. The first kappa shape index (κ1) is 25.8. The Hall–Kier alpha value is -2.88. The lowest BCUT2D eigenvalue weighted by Gasteiger charge is -2.15. The summed E-state index contributed by atoms with van der Waals surface area (Å²) >= 11 is 13.3. The van der Waals surface area contributed by atoms with Gasteiger partial charge in [0.25, 0.3) is 5.56 Å². The summed E-state index contributed by atoms with van der Waals surface area (Å²) in [5.41, 5.74) is 1.90. The van der Waals surface area contributed by atoms with E-state index in [1.165, 1.54) is 4.68 Å². The Morgan fingerprint density at radius 2 is 1.97 bits per heavy atom. The molecule has 1 atom stereocenters. The van der Waals surface area contributed by atoms with Gasteiger partial charge in [0.2, 0.25) is 6.79 Å². The van der Waals surface area contributed by atoms with Crippen molar-refractivity contribution in [1.29, 1.82) is 0 Å². The summed E-state index contributed by atoms with van der Waals surface area (Å²) in [6.45, 7) is 4.56. The molecule has 0 unspecified atom stereocenters. The third-order valence-corrected chi connectivity index (χ3v) is 7.36. The lowest BCUT2D eigenvalue weighted by molar-refractivity contribution is 0.174. The van der Waals surface area contributed by atoms with Crippen molar-refractivity contribution in [2.45, 2.75) is 32.8 Å².